The molecule has 1 amide bonds. The number of quaternary nitrogens is 1. The maximum atomic E-state index is 12.5. The van der Waals surface area contributed by atoms with Gasteiger partial charge >= 0.3 is 0 Å². The highest BCUT2D eigenvalue weighted by molar-refractivity contribution is 7.89. The molecule has 152 valence electrons. The van der Waals surface area contributed by atoms with Crippen molar-refractivity contribution in [2.45, 2.75) is 37.6 Å². The van der Waals surface area contributed by atoms with E-state index in [-0.39, 0.29) is 23.4 Å². The number of nitrogens with zero attached hydrogens (tertiary/aromatic N) is 1. The Kier molecular flexibility index (Phi) is 8.17. The molecule has 0 saturated heterocycles. The highest BCUT2D eigenvalue weighted by Crippen LogP contribution is 2.18. The Morgan fingerprint density at radius 2 is 1.75 bits per heavy atom. The zero-order valence-corrected chi connectivity index (χ0v) is 17.6. The Bertz CT molecular complexity index is 852. The highest BCUT2D eigenvalue weighted by Gasteiger charge is 2.20. The summed E-state index contributed by atoms with van der Waals surface area (Å²) in [5, 5.41) is 4.78. The molecule has 1 atom stereocenters. The molecule has 28 heavy (non-hydrogen) atoms. The van der Waals surface area contributed by atoms with E-state index in [4.69, 9.17) is 0 Å². The Balaban J connectivity index is 1.90. The molecule has 7 heteroatoms. The lowest BCUT2D eigenvalue weighted by Gasteiger charge is -2.17. The number of hydrogen-bond donors (Lipinski definition) is 2. The maximum Gasteiger partial charge on any atom is 0.279 e. The summed E-state index contributed by atoms with van der Waals surface area (Å²) in [7, 11) is -1.91. The molecule has 2 aromatic carbocycles. The van der Waals surface area contributed by atoms with Crippen LogP contribution >= 0.6 is 0 Å². The SMILES string of the molecule is CCCCN(C)S(=O)(=O)c1ccc(NC(=O)C[NH2+][C@@H](C)c2ccccc2)cc1. The second-order valence-corrected chi connectivity index (χ2v) is 8.94. The minimum Gasteiger partial charge on any atom is -0.333 e. The first-order valence-corrected chi connectivity index (χ1v) is 11.0. The predicted molar refractivity (Wildman–Crippen MR) is 111 cm³/mol. The second-order valence-electron chi connectivity index (χ2n) is 6.89. The molecule has 0 aliphatic rings. The maximum absolute atomic E-state index is 12.5. The monoisotopic (exact) mass is 404 g/mol. The smallest absolute Gasteiger partial charge is 0.279 e. The third kappa shape index (κ3) is 6.15. The fourth-order valence-electron chi connectivity index (χ4n) is 2.78. The molecule has 6 nitrogen and oxygen atoms in total. The standard InChI is InChI=1S/C21H29N3O3S/c1-4-5-15-24(3)28(26,27)20-13-11-19(12-14-20)23-21(25)16-22-17(2)18-9-7-6-8-10-18/h6-14,17,22H,4-5,15-16H2,1-3H3,(H,23,25)/p+1/t17-/m0/s1. The van der Waals surface area contributed by atoms with Gasteiger partial charge in [0.25, 0.3) is 5.91 Å². The number of carbonyl (C=O) groups excluding carboxylic acids is 1. The molecule has 0 radical (unpaired) electrons. The van der Waals surface area contributed by atoms with Gasteiger partial charge in [0.1, 0.15) is 6.04 Å². The topological polar surface area (TPSA) is 83.1 Å². The molecule has 0 aliphatic heterocycles. The summed E-state index contributed by atoms with van der Waals surface area (Å²) in [4.78, 5) is 12.4. The van der Waals surface area contributed by atoms with Crippen LogP contribution in [0.3, 0.4) is 0 Å². The molecule has 0 heterocycles. The van der Waals surface area contributed by atoms with Crippen LogP contribution in [0.5, 0.6) is 0 Å². The predicted octanol–water partition coefficient (Wildman–Crippen LogP) is 2.37. The number of rotatable bonds is 10. The minimum absolute atomic E-state index is 0.126. The lowest BCUT2D eigenvalue weighted by atomic mass is 10.1. The van der Waals surface area contributed by atoms with Crippen LogP contribution < -0.4 is 10.6 Å². The van der Waals surface area contributed by atoms with Gasteiger partial charge in [0.05, 0.1) is 4.90 Å². The van der Waals surface area contributed by atoms with Crippen LogP contribution in [0.25, 0.3) is 0 Å². The van der Waals surface area contributed by atoms with E-state index >= 15 is 0 Å². The highest BCUT2D eigenvalue weighted by atomic mass is 32.2. The molecule has 3 N–H and O–H groups in total. The fraction of sp³-hybridized carbons (Fsp3) is 0.381. The van der Waals surface area contributed by atoms with Crippen molar-refractivity contribution in [2.75, 3.05) is 25.5 Å². The Morgan fingerprint density at radius 3 is 2.36 bits per heavy atom. The minimum atomic E-state index is -3.49. The number of hydrogen-bond acceptors (Lipinski definition) is 3. The van der Waals surface area contributed by atoms with Gasteiger partial charge in [0.15, 0.2) is 6.54 Å². The van der Waals surface area contributed by atoms with Crippen molar-refractivity contribution in [2.24, 2.45) is 0 Å². The number of nitrogens with two attached hydrogens (primary N) is 1. The van der Waals surface area contributed by atoms with Gasteiger partial charge in [-0.05, 0) is 37.6 Å². The quantitative estimate of drug-likeness (QED) is 0.638. The first kappa shape index (κ1) is 22.1. The van der Waals surface area contributed by atoms with Crippen LogP contribution in [0.15, 0.2) is 59.5 Å². The third-order valence-electron chi connectivity index (χ3n) is 4.65. The lowest BCUT2D eigenvalue weighted by Crippen LogP contribution is -2.86. The average molecular weight is 405 g/mol. The number of carbonyl (C=O) groups is 1. The first-order valence-electron chi connectivity index (χ1n) is 9.59. The van der Waals surface area contributed by atoms with E-state index < -0.39 is 10.0 Å². The molecular formula is C21H30N3O3S+. The Labute approximate surface area is 168 Å². The van der Waals surface area contributed by atoms with Crippen molar-refractivity contribution >= 4 is 21.6 Å². The zero-order valence-electron chi connectivity index (χ0n) is 16.8. The van der Waals surface area contributed by atoms with Crippen molar-refractivity contribution in [1.29, 1.82) is 0 Å². The first-order chi connectivity index (χ1) is 13.3. The van der Waals surface area contributed by atoms with Gasteiger partial charge in [-0.25, -0.2) is 12.7 Å². The normalized spacial score (nSPS) is 12.7. The summed E-state index contributed by atoms with van der Waals surface area (Å²) in [6.45, 7) is 4.86. The number of unbranched alkanes of at least 4 members (excludes halogenated alkanes) is 1. The zero-order chi connectivity index (χ0) is 20.6. The number of sulfonamides is 1. The van der Waals surface area contributed by atoms with Crippen molar-refractivity contribution < 1.29 is 18.5 Å². The van der Waals surface area contributed by atoms with Crippen LogP contribution in [0.1, 0.15) is 38.3 Å². The molecule has 0 spiro atoms. The van der Waals surface area contributed by atoms with Gasteiger partial charge in [-0.15, -0.1) is 0 Å². The van der Waals surface area contributed by atoms with E-state index in [2.05, 4.69) is 12.2 Å². The fourth-order valence-corrected chi connectivity index (χ4v) is 3.99. The summed E-state index contributed by atoms with van der Waals surface area (Å²) in [5.41, 5.74) is 1.75. The van der Waals surface area contributed by atoms with Crippen LogP contribution in [-0.4, -0.2) is 38.8 Å². The number of nitrogens with one attached hydrogen (secondary N) is 1. The van der Waals surface area contributed by atoms with E-state index in [0.29, 0.717) is 12.2 Å². The summed E-state index contributed by atoms with van der Waals surface area (Å²) >= 11 is 0. The third-order valence-corrected chi connectivity index (χ3v) is 6.53. The van der Waals surface area contributed by atoms with Crippen molar-refractivity contribution in [3.8, 4) is 0 Å². The van der Waals surface area contributed by atoms with Crippen molar-refractivity contribution in [3.05, 3.63) is 60.2 Å². The lowest BCUT2D eigenvalue weighted by molar-refractivity contribution is -0.682. The second kappa shape index (κ2) is 10.4. The number of benzene rings is 2. The summed E-state index contributed by atoms with van der Waals surface area (Å²) in [5.74, 6) is -0.126. The molecule has 2 aromatic rings. The molecule has 0 aromatic heterocycles. The van der Waals surface area contributed by atoms with Crippen LogP contribution in [0.2, 0.25) is 0 Å². The average Bonchev–Trinajstić information content (AvgIpc) is 2.71. The molecule has 0 fully saturated rings. The Morgan fingerprint density at radius 1 is 1.11 bits per heavy atom. The van der Waals surface area contributed by atoms with Crippen LogP contribution in [0, 0.1) is 0 Å². The van der Waals surface area contributed by atoms with Crippen LogP contribution in [0.4, 0.5) is 5.69 Å². The molecule has 2 rings (SSSR count). The van der Waals surface area contributed by atoms with E-state index in [9.17, 15) is 13.2 Å². The van der Waals surface area contributed by atoms with Gasteiger partial charge in [-0.3, -0.25) is 4.79 Å². The number of anilines is 1. The van der Waals surface area contributed by atoms with Gasteiger partial charge in [-0.2, -0.15) is 0 Å². The summed E-state index contributed by atoms with van der Waals surface area (Å²) < 4.78 is 26.4. The molecule has 0 bridgehead atoms. The molecular weight excluding hydrogens is 374 g/mol. The largest absolute Gasteiger partial charge is 0.333 e. The van der Waals surface area contributed by atoms with Crippen molar-refractivity contribution in [1.82, 2.24) is 4.31 Å². The van der Waals surface area contributed by atoms with Gasteiger partial charge in [-0.1, -0.05) is 43.7 Å². The summed E-state index contributed by atoms with van der Waals surface area (Å²) in [6.07, 6.45) is 1.76. The van der Waals surface area contributed by atoms with E-state index in [0.717, 1.165) is 18.4 Å². The van der Waals surface area contributed by atoms with E-state index in [1.807, 2.05) is 42.6 Å². The van der Waals surface area contributed by atoms with E-state index in [1.54, 1.807) is 19.2 Å². The van der Waals surface area contributed by atoms with Crippen molar-refractivity contribution in [3.63, 3.8) is 0 Å². The molecule has 0 unspecified atom stereocenters. The summed E-state index contributed by atoms with van der Waals surface area (Å²) in [6, 6.07) is 16.5. The van der Waals surface area contributed by atoms with Gasteiger partial charge in [0.2, 0.25) is 10.0 Å². The van der Waals surface area contributed by atoms with Gasteiger partial charge in [0, 0.05) is 24.8 Å². The molecule has 0 aliphatic carbocycles. The van der Waals surface area contributed by atoms with Crippen LogP contribution in [-0.2, 0) is 14.8 Å². The molecule has 0 saturated carbocycles. The van der Waals surface area contributed by atoms with E-state index in [1.165, 1.54) is 16.4 Å². The number of amides is 1. The Hall–Kier alpha value is -2.22. The van der Waals surface area contributed by atoms with Gasteiger partial charge < -0.3 is 10.6 Å².